The van der Waals surface area contributed by atoms with E-state index in [-0.39, 0.29) is 6.61 Å². The molecule has 3 nitrogen and oxygen atoms in total. The normalized spacial score (nSPS) is 10.3. The molecule has 0 unspecified atom stereocenters. The van der Waals surface area contributed by atoms with Gasteiger partial charge in [-0.2, -0.15) is 0 Å². The van der Waals surface area contributed by atoms with E-state index >= 15 is 0 Å². The SMILES string of the molecule is COc1ccc(OCc2ccc(Cl)cc2)c(CO)c1. The molecule has 0 amide bonds. The van der Waals surface area contributed by atoms with Crippen LogP contribution >= 0.6 is 11.6 Å². The molecule has 0 aliphatic carbocycles. The number of aliphatic hydroxyl groups excluding tert-OH is 1. The third-order valence-corrected chi connectivity index (χ3v) is 3.00. The number of hydrogen-bond donors (Lipinski definition) is 1. The molecule has 19 heavy (non-hydrogen) atoms. The lowest BCUT2D eigenvalue weighted by molar-refractivity contribution is 0.258. The predicted molar refractivity (Wildman–Crippen MR) is 74.7 cm³/mol. The summed E-state index contributed by atoms with van der Waals surface area (Å²) in [6, 6.07) is 12.8. The highest BCUT2D eigenvalue weighted by atomic mass is 35.5. The molecule has 0 heterocycles. The smallest absolute Gasteiger partial charge is 0.125 e. The zero-order valence-electron chi connectivity index (χ0n) is 10.6. The molecule has 0 fully saturated rings. The second-order valence-corrected chi connectivity index (χ2v) is 4.48. The van der Waals surface area contributed by atoms with Gasteiger partial charge in [0.25, 0.3) is 0 Å². The van der Waals surface area contributed by atoms with E-state index in [0.29, 0.717) is 28.7 Å². The summed E-state index contributed by atoms with van der Waals surface area (Å²) in [5, 5.41) is 10.0. The van der Waals surface area contributed by atoms with Crippen LogP contribution in [0.1, 0.15) is 11.1 Å². The lowest BCUT2D eigenvalue weighted by atomic mass is 10.2. The largest absolute Gasteiger partial charge is 0.497 e. The van der Waals surface area contributed by atoms with Crippen LogP contribution in [-0.2, 0) is 13.2 Å². The molecule has 0 atom stereocenters. The van der Waals surface area contributed by atoms with Gasteiger partial charge in [0.15, 0.2) is 0 Å². The van der Waals surface area contributed by atoms with Crippen molar-refractivity contribution in [2.24, 2.45) is 0 Å². The van der Waals surface area contributed by atoms with E-state index in [9.17, 15) is 5.11 Å². The van der Waals surface area contributed by atoms with Crippen LogP contribution in [-0.4, -0.2) is 12.2 Å². The number of benzene rings is 2. The van der Waals surface area contributed by atoms with Crippen LogP contribution in [0, 0.1) is 0 Å². The van der Waals surface area contributed by atoms with Crippen LogP contribution in [0.25, 0.3) is 0 Å². The van der Waals surface area contributed by atoms with Crippen LogP contribution in [0.15, 0.2) is 42.5 Å². The zero-order valence-corrected chi connectivity index (χ0v) is 11.4. The lowest BCUT2D eigenvalue weighted by Crippen LogP contribution is -1.99. The molecule has 0 radical (unpaired) electrons. The molecular weight excluding hydrogens is 264 g/mol. The Kier molecular flexibility index (Phi) is 4.66. The molecule has 2 rings (SSSR count). The Bertz CT molecular complexity index is 538. The van der Waals surface area contributed by atoms with Crippen molar-refractivity contribution in [1.82, 2.24) is 0 Å². The summed E-state index contributed by atoms with van der Waals surface area (Å²) in [6.07, 6.45) is 0. The highest BCUT2D eigenvalue weighted by molar-refractivity contribution is 6.30. The molecule has 2 aromatic carbocycles. The van der Waals surface area contributed by atoms with Crippen molar-refractivity contribution in [2.75, 3.05) is 7.11 Å². The fourth-order valence-corrected chi connectivity index (χ4v) is 1.81. The number of methoxy groups -OCH3 is 1. The van der Waals surface area contributed by atoms with Gasteiger partial charge < -0.3 is 14.6 Å². The number of ether oxygens (including phenoxy) is 2. The number of halogens is 1. The first-order valence-electron chi connectivity index (χ1n) is 5.88. The van der Waals surface area contributed by atoms with Crippen molar-refractivity contribution in [1.29, 1.82) is 0 Å². The van der Waals surface area contributed by atoms with E-state index in [0.717, 1.165) is 5.56 Å². The van der Waals surface area contributed by atoms with Crippen molar-refractivity contribution in [3.8, 4) is 11.5 Å². The van der Waals surface area contributed by atoms with E-state index in [1.54, 1.807) is 25.3 Å². The quantitative estimate of drug-likeness (QED) is 0.911. The second-order valence-electron chi connectivity index (χ2n) is 4.05. The van der Waals surface area contributed by atoms with Gasteiger partial charge in [0.1, 0.15) is 18.1 Å². The van der Waals surface area contributed by atoms with Gasteiger partial charge in [-0.05, 0) is 35.9 Å². The third kappa shape index (κ3) is 3.63. The van der Waals surface area contributed by atoms with Gasteiger partial charge in [-0.15, -0.1) is 0 Å². The highest BCUT2D eigenvalue weighted by Gasteiger charge is 2.05. The predicted octanol–water partition coefficient (Wildman–Crippen LogP) is 3.42. The van der Waals surface area contributed by atoms with E-state index in [1.807, 2.05) is 24.3 Å². The maximum absolute atomic E-state index is 9.32. The lowest BCUT2D eigenvalue weighted by Gasteiger charge is -2.11. The van der Waals surface area contributed by atoms with Crippen LogP contribution in [0.3, 0.4) is 0 Å². The zero-order chi connectivity index (χ0) is 13.7. The second kappa shape index (κ2) is 6.45. The van der Waals surface area contributed by atoms with E-state index in [1.165, 1.54) is 0 Å². The van der Waals surface area contributed by atoms with Gasteiger partial charge in [0.2, 0.25) is 0 Å². The van der Waals surface area contributed by atoms with Gasteiger partial charge in [0, 0.05) is 10.6 Å². The summed E-state index contributed by atoms with van der Waals surface area (Å²) < 4.78 is 10.8. The molecule has 1 N–H and O–H groups in total. The van der Waals surface area contributed by atoms with E-state index in [2.05, 4.69) is 0 Å². The number of aliphatic hydroxyl groups is 1. The first kappa shape index (κ1) is 13.7. The van der Waals surface area contributed by atoms with Gasteiger partial charge in [-0.3, -0.25) is 0 Å². The van der Waals surface area contributed by atoms with Crippen LogP contribution in [0.2, 0.25) is 5.02 Å². The number of rotatable bonds is 5. The average Bonchev–Trinajstić information content (AvgIpc) is 2.46. The molecular formula is C15H15ClO3. The summed E-state index contributed by atoms with van der Waals surface area (Å²) >= 11 is 5.82. The third-order valence-electron chi connectivity index (χ3n) is 2.75. The summed E-state index contributed by atoms with van der Waals surface area (Å²) in [7, 11) is 1.59. The summed E-state index contributed by atoms with van der Waals surface area (Å²) in [5.41, 5.74) is 1.72. The number of hydrogen-bond acceptors (Lipinski definition) is 3. The Balaban J connectivity index is 2.08. The Hall–Kier alpha value is -1.71. The van der Waals surface area contributed by atoms with Gasteiger partial charge in [-0.1, -0.05) is 23.7 Å². The van der Waals surface area contributed by atoms with Crippen LogP contribution < -0.4 is 9.47 Å². The van der Waals surface area contributed by atoms with Crippen molar-refractivity contribution in [2.45, 2.75) is 13.2 Å². The average molecular weight is 279 g/mol. The topological polar surface area (TPSA) is 38.7 Å². The molecule has 0 aliphatic rings. The highest BCUT2D eigenvalue weighted by Crippen LogP contribution is 2.25. The molecule has 4 heteroatoms. The first-order valence-corrected chi connectivity index (χ1v) is 6.25. The van der Waals surface area contributed by atoms with Crippen LogP contribution in [0.5, 0.6) is 11.5 Å². The minimum atomic E-state index is -0.0901. The maximum atomic E-state index is 9.32. The molecule has 0 aliphatic heterocycles. The Morgan fingerprint density at radius 1 is 1.11 bits per heavy atom. The molecule has 0 saturated carbocycles. The Morgan fingerprint density at radius 3 is 2.47 bits per heavy atom. The molecule has 0 aromatic heterocycles. The first-order chi connectivity index (χ1) is 9.22. The summed E-state index contributed by atoms with van der Waals surface area (Å²) in [6.45, 7) is 0.337. The molecule has 0 bridgehead atoms. The van der Waals surface area contributed by atoms with Crippen LogP contribution in [0.4, 0.5) is 0 Å². The maximum Gasteiger partial charge on any atom is 0.125 e. The molecule has 100 valence electrons. The van der Waals surface area contributed by atoms with Gasteiger partial charge >= 0.3 is 0 Å². The van der Waals surface area contributed by atoms with E-state index in [4.69, 9.17) is 21.1 Å². The molecule has 2 aromatic rings. The monoisotopic (exact) mass is 278 g/mol. The van der Waals surface area contributed by atoms with Crippen molar-refractivity contribution >= 4 is 11.6 Å². The minimum Gasteiger partial charge on any atom is -0.497 e. The van der Waals surface area contributed by atoms with Crippen molar-refractivity contribution < 1.29 is 14.6 Å². The van der Waals surface area contributed by atoms with Gasteiger partial charge in [-0.25, -0.2) is 0 Å². The van der Waals surface area contributed by atoms with Crippen molar-refractivity contribution in [3.05, 3.63) is 58.6 Å². The van der Waals surface area contributed by atoms with Gasteiger partial charge in [0.05, 0.1) is 13.7 Å². The fourth-order valence-electron chi connectivity index (χ4n) is 1.69. The summed E-state index contributed by atoms with van der Waals surface area (Å²) in [4.78, 5) is 0. The summed E-state index contributed by atoms with van der Waals surface area (Å²) in [5.74, 6) is 1.35. The standard InChI is InChI=1S/C15H15ClO3/c1-18-14-6-7-15(12(8-14)9-17)19-10-11-2-4-13(16)5-3-11/h2-8,17H,9-10H2,1H3. The molecule has 0 saturated heterocycles. The minimum absolute atomic E-state index is 0.0901. The Labute approximate surface area is 117 Å². The molecule has 0 spiro atoms. The van der Waals surface area contributed by atoms with Crippen molar-refractivity contribution in [3.63, 3.8) is 0 Å². The Morgan fingerprint density at radius 2 is 1.84 bits per heavy atom. The fraction of sp³-hybridized carbons (Fsp3) is 0.200. The van der Waals surface area contributed by atoms with E-state index < -0.39 is 0 Å².